The van der Waals surface area contributed by atoms with Crippen LogP contribution >= 0.6 is 12.2 Å². The van der Waals surface area contributed by atoms with Crippen molar-refractivity contribution in [2.75, 3.05) is 11.9 Å². The van der Waals surface area contributed by atoms with E-state index in [-0.39, 0.29) is 17.2 Å². The summed E-state index contributed by atoms with van der Waals surface area (Å²) in [5.41, 5.74) is 1.31. The van der Waals surface area contributed by atoms with Gasteiger partial charge < -0.3 is 10.6 Å². The molecule has 2 N–H and O–H groups in total. The number of hydrogen-bond acceptors (Lipinski definition) is 2. The Kier molecular flexibility index (Phi) is 5.16. The van der Waals surface area contributed by atoms with Crippen molar-refractivity contribution in [3.63, 3.8) is 0 Å². The van der Waals surface area contributed by atoms with Crippen LogP contribution in [0.3, 0.4) is 0 Å². The number of nitrogens with one attached hydrogen (secondary N) is 2. The molecule has 1 atom stereocenters. The van der Waals surface area contributed by atoms with E-state index in [1.54, 1.807) is 12.3 Å². The minimum Gasteiger partial charge on any atom is -0.359 e. The number of nitrogens with zero attached hydrogens (tertiary/aromatic N) is 1. The highest BCUT2D eigenvalue weighted by atomic mass is 32.1. The highest BCUT2D eigenvalue weighted by Gasteiger charge is 2.11. The Morgan fingerprint density at radius 3 is 2.81 bits per heavy atom. The Morgan fingerprint density at radius 1 is 1.33 bits per heavy atom. The minimum absolute atomic E-state index is 0.0405. The molecule has 6 heteroatoms. The maximum atomic E-state index is 13.9. The van der Waals surface area contributed by atoms with Crippen molar-refractivity contribution in [1.82, 2.24) is 10.3 Å². The number of thiocarbonyl (C=S) groups is 1. The Hall–Kier alpha value is -2.08. The van der Waals surface area contributed by atoms with Gasteiger partial charge >= 0.3 is 0 Å². The lowest BCUT2D eigenvalue weighted by Gasteiger charge is -2.13. The van der Waals surface area contributed by atoms with Crippen LogP contribution in [0.2, 0.25) is 0 Å². The van der Waals surface area contributed by atoms with Gasteiger partial charge in [-0.2, -0.15) is 0 Å². The second kappa shape index (κ2) is 7.08. The topological polar surface area (TPSA) is 37.0 Å². The molecule has 110 valence electrons. The molecular weight excluding hydrogens is 292 g/mol. The summed E-state index contributed by atoms with van der Waals surface area (Å²) >= 11 is 5.06. The maximum Gasteiger partial charge on any atom is 0.172 e. The van der Waals surface area contributed by atoms with E-state index in [4.69, 9.17) is 12.2 Å². The Morgan fingerprint density at radius 2 is 2.14 bits per heavy atom. The summed E-state index contributed by atoms with van der Waals surface area (Å²) in [6, 6.07) is 9.13. The van der Waals surface area contributed by atoms with Gasteiger partial charge in [-0.25, -0.2) is 13.8 Å². The molecule has 1 aromatic carbocycles. The smallest absolute Gasteiger partial charge is 0.172 e. The molecule has 0 saturated carbocycles. The highest BCUT2D eigenvalue weighted by molar-refractivity contribution is 7.80. The van der Waals surface area contributed by atoms with Gasteiger partial charge in [-0.05, 0) is 48.5 Å². The summed E-state index contributed by atoms with van der Waals surface area (Å²) in [4.78, 5) is 4.13. The molecule has 0 amide bonds. The Labute approximate surface area is 127 Å². The van der Waals surface area contributed by atoms with E-state index in [0.717, 1.165) is 5.56 Å². The van der Waals surface area contributed by atoms with Crippen molar-refractivity contribution in [2.45, 2.75) is 13.1 Å². The number of anilines is 1. The van der Waals surface area contributed by atoms with E-state index < -0.39 is 12.0 Å². The number of aryl methyl sites for hydroxylation is 1. The molecule has 0 aliphatic rings. The van der Waals surface area contributed by atoms with Gasteiger partial charge in [0.1, 0.15) is 17.8 Å². The molecule has 0 saturated heterocycles. The highest BCUT2D eigenvalue weighted by Crippen LogP contribution is 2.17. The third-order valence-corrected chi connectivity index (χ3v) is 3.05. The molecule has 0 aliphatic heterocycles. The first-order chi connectivity index (χ1) is 10.0. The van der Waals surface area contributed by atoms with Crippen LogP contribution in [-0.2, 0) is 0 Å². The average molecular weight is 307 g/mol. The normalized spacial score (nSPS) is 11.8. The molecule has 1 unspecified atom stereocenters. The van der Waals surface area contributed by atoms with E-state index in [2.05, 4.69) is 15.6 Å². The lowest BCUT2D eigenvalue weighted by Crippen LogP contribution is -2.31. The SMILES string of the molecule is Cc1ccc(NC(=S)NCC(F)c2cccc(F)c2)nc1. The first kappa shape index (κ1) is 15.3. The number of hydrogen-bond donors (Lipinski definition) is 2. The summed E-state index contributed by atoms with van der Waals surface area (Å²) in [5, 5.41) is 5.87. The first-order valence-electron chi connectivity index (χ1n) is 6.41. The van der Waals surface area contributed by atoms with E-state index in [0.29, 0.717) is 5.82 Å². The number of alkyl halides is 1. The zero-order chi connectivity index (χ0) is 15.2. The molecular formula is C15H15F2N3S. The van der Waals surface area contributed by atoms with Crippen LogP contribution in [0.4, 0.5) is 14.6 Å². The van der Waals surface area contributed by atoms with Crippen LogP contribution in [0.15, 0.2) is 42.6 Å². The molecule has 0 fully saturated rings. The largest absolute Gasteiger partial charge is 0.359 e. The Bertz CT molecular complexity index is 617. The molecule has 0 bridgehead atoms. The second-order valence-electron chi connectivity index (χ2n) is 4.58. The molecule has 0 spiro atoms. The van der Waals surface area contributed by atoms with Crippen molar-refractivity contribution >= 4 is 23.1 Å². The third-order valence-electron chi connectivity index (χ3n) is 2.81. The van der Waals surface area contributed by atoms with Gasteiger partial charge in [0, 0.05) is 6.20 Å². The molecule has 2 rings (SSSR count). The third kappa shape index (κ3) is 4.75. The van der Waals surface area contributed by atoms with Gasteiger partial charge in [0.05, 0.1) is 6.54 Å². The van der Waals surface area contributed by atoms with Gasteiger partial charge in [0.15, 0.2) is 5.11 Å². The van der Waals surface area contributed by atoms with Gasteiger partial charge in [0.2, 0.25) is 0 Å². The van der Waals surface area contributed by atoms with Crippen LogP contribution in [-0.4, -0.2) is 16.6 Å². The number of halogens is 2. The predicted molar refractivity (Wildman–Crippen MR) is 83.4 cm³/mol. The van der Waals surface area contributed by atoms with Crippen molar-refractivity contribution in [3.05, 3.63) is 59.5 Å². The standard InChI is InChI=1S/C15H15F2N3S/c1-10-5-6-14(18-8-10)20-15(21)19-9-13(17)11-3-2-4-12(16)7-11/h2-8,13H,9H2,1H3,(H2,18,19,20,21). The van der Waals surface area contributed by atoms with Crippen LogP contribution in [0, 0.1) is 12.7 Å². The number of benzene rings is 1. The van der Waals surface area contributed by atoms with Gasteiger partial charge in [0.25, 0.3) is 0 Å². The summed E-state index contributed by atoms with van der Waals surface area (Å²) in [7, 11) is 0. The van der Waals surface area contributed by atoms with Gasteiger partial charge in [-0.1, -0.05) is 18.2 Å². The van der Waals surface area contributed by atoms with Gasteiger partial charge in [-0.3, -0.25) is 0 Å². The number of rotatable bonds is 4. The fraction of sp³-hybridized carbons (Fsp3) is 0.200. The number of pyridine rings is 1. The van der Waals surface area contributed by atoms with Crippen molar-refractivity contribution < 1.29 is 8.78 Å². The fourth-order valence-corrected chi connectivity index (χ4v) is 1.89. The zero-order valence-electron chi connectivity index (χ0n) is 11.4. The quantitative estimate of drug-likeness (QED) is 0.847. The molecule has 1 aromatic heterocycles. The lowest BCUT2D eigenvalue weighted by atomic mass is 10.1. The summed E-state index contributed by atoms with van der Waals surface area (Å²) in [5.74, 6) is 0.124. The summed E-state index contributed by atoms with van der Waals surface area (Å²) in [6.07, 6.45) is 0.363. The van der Waals surface area contributed by atoms with Crippen LogP contribution in [0.5, 0.6) is 0 Å². The Balaban J connectivity index is 1.84. The minimum atomic E-state index is -1.34. The fourth-order valence-electron chi connectivity index (χ4n) is 1.70. The molecule has 3 nitrogen and oxygen atoms in total. The monoisotopic (exact) mass is 307 g/mol. The van der Waals surface area contributed by atoms with E-state index in [1.165, 1.54) is 24.3 Å². The number of aromatic nitrogens is 1. The van der Waals surface area contributed by atoms with Gasteiger partial charge in [-0.15, -0.1) is 0 Å². The second-order valence-corrected chi connectivity index (χ2v) is 4.99. The van der Waals surface area contributed by atoms with E-state index in [9.17, 15) is 8.78 Å². The van der Waals surface area contributed by atoms with Crippen LogP contribution in [0.25, 0.3) is 0 Å². The first-order valence-corrected chi connectivity index (χ1v) is 6.82. The molecule has 21 heavy (non-hydrogen) atoms. The van der Waals surface area contributed by atoms with Crippen LogP contribution < -0.4 is 10.6 Å². The zero-order valence-corrected chi connectivity index (χ0v) is 12.3. The van der Waals surface area contributed by atoms with Crippen LogP contribution in [0.1, 0.15) is 17.3 Å². The average Bonchev–Trinajstić information content (AvgIpc) is 2.47. The van der Waals surface area contributed by atoms with E-state index in [1.807, 2.05) is 13.0 Å². The van der Waals surface area contributed by atoms with E-state index >= 15 is 0 Å². The maximum absolute atomic E-state index is 13.9. The molecule has 1 heterocycles. The van der Waals surface area contributed by atoms with Crippen molar-refractivity contribution in [2.24, 2.45) is 0 Å². The van der Waals surface area contributed by atoms with Crippen molar-refractivity contribution in [3.8, 4) is 0 Å². The van der Waals surface area contributed by atoms with Crippen molar-refractivity contribution in [1.29, 1.82) is 0 Å². The summed E-state index contributed by atoms with van der Waals surface area (Å²) < 4.78 is 26.9. The molecule has 2 aromatic rings. The summed E-state index contributed by atoms with van der Waals surface area (Å²) in [6.45, 7) is 1.89. The molecule has 0 aliphatic carbocycles. The molecule has 0 radical (unpaired) electrons. The lowest BCUT2D eigenvalue weighted by molar-refractivity contribution is 0.342. The predicted octanol–water partition coefficient (Wildman–Crippen LogP) is 3.53.